The van der Waals surface area contributed by atoms with E-state index in [0.717, 1.165) is 22.3 Å². The Labute approximate surface area is 199 Å². The Hall–Kier alpha value is -3.53. The summed E-state index contributed by atoms with van der Waals surface area (Å²) in [6.45, 7) is -1.09. The van der Waals surface area contributed by atoms with Gasteiger partial charge in [-0.1, -0.05) is 48.5 Å². The van der Waals surface area contributed by atoms with Gasteiger partial charge in [-0.25, -0.2) is 9.59 Å². The lowest BCUT2D eigenvalue weighted by Crippen LogP contribution is -2.55. The van der Waals surface area contributed by atoms with Crippen molar-refractivity contribution in [1.29, 1.82) is 0 Å². The standard InChI is InChI=1S/C25H24F2N2O6/c26-25(27,23(32)29-19-9-10-34-21(19)11-20(29)22(30)31)13-28-24(33)35-12-18-16-7-3-1-5-14(16)15-6-2-4-8-17(15)18/h1-8,18-21H,9-13H2,(H,28,33)(H,30,31)/t19-,20?,21-/m1/s1. The topological polar surface area (TPSA) is 105 Å². The van der Waals surface area contributed by atoms with Gasteiger partial charge in [-0.15, -0.1) is 0 Å². The number of hydrogen-bond acceptors (Lipinski definition) is 5. The molecule has 0 bridgehead atoms. The van der Waals surface area contributed by atoms with Crippen LogP contribution in [-0.4, -0.2) is 71.8 Å². The third-order valence-corrected chi connectivity index (χ3v) is 6.95. The van der Waals surface area contributed by atoms with Crippen molar-refractivity contribution in [2.24, 2.45) is 0 Å². The van der Waals surface area contributed by atoms with E-state index in [-0.39, 0.29) is 32.0 Å². The van der Waals surface area contributed by atoms with Crippen molar-refractivity contribution < 1.29 is 37.7 Å². The van der Waals surface area contributed by atoms with E-state index in [4.69, 9.17) is 9.47 Å². The number of benzene rings is 2. The first-order valence-electron chi connectivity index (χ1n) is 11.4. The van der Waals surface area contributed by atoms with Gasteiger partial charge in [-0.2, -0.15) is 8.78 Å². The van der Waals surface area contributed by atoms with Crippen LogP contribution in [0, 0.1) is 0 Å². The SMILES string of the molecule is O=C(NCC(F)(F)C(=O)N1C(C(=O)O)C[C@H]2OCC[C@H]21)OCC1c2ccccc2-c2ccccc21. The van der Waals surface area contributed by atoms with Crippen LogP contribution in [0.1, 0.15) is 29.9 Å². The fraction of sp³-hybridized carbons (Fsp3) is 0.400. The van der Waals surface area contributed by atoms with Gasteiger partial charge in [-0.3, -0.25) is 4.79 Å². The molecule has 3 atom stereocenters. The number of rotatable bonds is 6. The Morgan fingerprint density at radius 1 is 1.09 bits per heavy atom. The molecule has 184 valence electrons. The lowest BCUT2D eigenvalue weighted by atomic mass is 9.98. The smallest absolute Gasteiger partial charge is 0.407 e. The third kappa shape index (κ3) is 4.12. The van der Waals surface area contributed by atoms with Crippen molar-refractivity contribution >= 4 is 18.0 Å². The predicted octanol–water partition coefficient (Wildman–Crippen LogP) is 3.00. The molecule has 2 amide bonds. The minimum absolute atomic E-state index is 0.0401. The molecular weight excluding hydrogens is 462 g/mol. The zero-order chi connectivity index (χ0) is 24.7. The van der Waals surface area contributed by atoms with Crippen LogP contribution in [-0.2, 0) is 19.1 Å². The minimum atomic E-state index is -4.00. The molecular formula is C25H24F2N2O6. The summed E-state index contributed by atoms with van der Waals surface area (Å²) in [7, 11) is 0. The molecule has 0 spiro atoms. The molecule has 2 fully saturated rings. The molecule has 2 N–H and O–H groups in total. The molecule has 35 heavy (non-hydrogen) atoms. The molecule has 0 radical (unpaired) electrons. The molecule has 1 unspecified atom stereocenters. The van der Waals surface area contributed by atoms with Crippen LogP contribution in [0.15, 0.2) is 48.5 Å². The Bertz CT molecular complexity index is 1130. The molecule has 2 aliphatic heterocycles. The summed E-state index contributed by atoms with van der Waals surface area (Å²) >= 11 is 0. The maximum Gasteiger partial charge on any atom is 0.407 e. The number of aliphatic carboxylic acids is 1. The molecule has 2 aromatic carbocycles. The Balaban J connectivity index is 1.21. The molecule has 3 aliphatic rings. The second kappa shape index (κ2) is 8.92. The van der Waals surface area contributed by atoms with Crippen LogP contribution in [0.4, 0.5) is 13.6 Å². The van der Waals surface area contributed by atoms with Crippen molar-refractivity contribution in [3.63, 3.8) is 0 Å². The maximum atomic E-state index is 14.8. The van der Waals surface area contributed by atoms with Gasteiger partial charge in [0, 0.05) is 18.9 Å². The molecule has 2 saturated heterocycles. The van der Waals surface area contributed by atoms with E-state index in [1.54, 1.807) is 0 Å². The first kappa shape index (κ1) is 23.2. The number of ether oxygens (including phenoxy) is 2. The highest BCUT2D eigenvalue weighted by Crippen LogP contribution is 2.44. The number of carbonyl (C=O) groups is 3. The average Bonchev–Trinajstić information content (AvgIpc) is 3.53. The highest BCUT2D eigenvalue weighted by atomic mass is 19.3. The molecule has 0 saturated carbocycles. The van der Waals surface area contributed by atoms with Crippen molar-refractivity contribution in [1.82, 2.24) is 10.2 Å². The monoisotopic (exact) mass is 486 g/mol. The number of alkyl carbamates (subject to hydrolysis) is 1. The summed E-state index contributed by atoms with van der Waals surface area (Å²) in [5.41, 5.74) is 4.01. The molecule has 2 aromatic rings. The highest BCUT2D eigenvalue weighted by Gasteiger charge is 2.55. The number of nitrogens with zero attached hydrogens (tertiary/aromatic N) is 1. The highest BCUT2D eigenvalue weighted by molar-refractivity contribution is 5.90. The number of carboxylic acids is 1. The van der Waals surface area contributed by atoms with E-state index in [2.05, 4.69) is 0 Å². The summed E-state index contributed by atoms with van der Waals surface area (Å²) in [6, 6.07) is 13.3. The van der Waals surface area contributed by atoms with Gasteiger partial charge in [0.25, 0.3) is 5.91 Å². The van der Waals surface area contributed by atoms with Gasteiger partial charge in [0.05, 0.1) is 18.7 Å². The number of fused-ring (bicyclic) bond motifs is 4. The molecule has 2 heterocycles. The van der Waals surface area contributed by atoms with Crippen LogP contribution in [0.2, 0.25) is 0 Å². The number of amides is 2. The van der Waals surface area contributed by atoms with E-state index in [0.29, 0.717) is 4.90 Å². The Kier molecular flexibility index (Phi) is 5.92. The zero-order valence-corrected chi connectivity index (χ0v) is 18.7. The van der Waals surface area contributed by atoms with Crippen molar-refractivity contribution in [2.75, 3.05) is 19.8 Å². The second-order valence-electron chi connectivity index (χ2n) is 8.95. The van der Waals surface area contributed by atoms with E-state index >= 15 is 0 Å². The number of likely N-dealkylation sites (tertiary alicyclic amines) is 1. The number of halogens is 2. The first-order valence-corrected chi connectivity index (χ1v) is 11.4. The Morgan fingerprint density at radius 3 is 2.34 bits per heavy atom. The molecule has 1 aliphatic carbocycles. The van der Waals surface area contributed by atoms with E-state index in [1.165, 1.54) is 0 Å². The summed E-state index contributed by atoms with van der Waals surface area (Å²) < 4.78 is 40.2. The van der Waals surface area contributed by atoms with Gasteiger partial charge >= 0.3 is 18.0 Å². The van der Waals surface area contributed by atoms with Crippen LogP contribution in [0.3, 0.4) is 0 Å². The van der Waals surface area contributed by atoms with Gasteiger partial charge in [0.1, 0.15) is 12.6 Å². The zero-order valence-electron chi connectivity index (χ0n) is 18.7. The summed E-state index contributed by atoms with van der Waals surface area (Å²) in [4.78, 5) is 37.2. The maximum absolute atomic E-state index is 14.8. The van der Waals surface area contributed by atoms with Crippen LogP contribution >= 0.6 is 0 Å². The lowest BCUT2D eigenvalue weighted by Gasteiger charge is -2.30. The largest absolute Gasteiger partial charge is 0.480 e. The van der Waals surface area contributed by atoms with Gasteiger partial charge in [0.15, 0.2) is 0 Å². The summed E-state index contributed by atoms with van der Waals surface area (Å²) in [5, 5.41) is 11.4. The van der Waals surface area contributed by atoms with E-state index in [9.17, 15) is 28.3 Å². The van der Waals surface area contributed by atoms with E-state index in [1.807, 2.05) is 53.8 Å². The van der Waals surface area contributed by atoms with Gasteiger partial charge in [0.2, 0.25) is 0 Å². The number of hydrogen-bond donors (Lipinski definition) is 2. The number of carbonyl (C=O) groups excluding carboxylic acids is 2. The van der Waals surface area contributed by atoms with Crippen molar-refractivity contribution in [2.45, 2.75) is 42.9 Å². The Morgan fingerprint density at radius 2 is 1.71 bits per heavy atom. The van der Waals surface area contributed by atoms with Crippen molar-refractivity contribution in [3.05, 3.63) is 59.7 Å². The number of carboxylic acid groups (broad SMARTS) is 1. The molecule has 5 rings (SSSR count). The van der Waals surface area contributed by atoms with E-state index < -0.39 is 48.6 Å². The molecule has 8 nitrogen and oxygen atoms in total. The minimum Gasteiger partial charge on any atom is -0.480 e. The molecule has 10 heteroatoms. The van der Waals surface area contributed by atoms with Crippen LogP contribution < -0.4 is 5.32 Å². The quantitative estimate of drug-likeness (QED) is 0.651. The fourth-order valence-electron chi connectivity index (χ4n) is 5.35. The summed E-state index contributed by atoms with van der Waals surface area (Å²) in [6.07, 6.45) is -1.42. The number of alkyl halides is 2. The number of nitrogens with one attached hydrogen (secondary N) is 1. The van der Waals surface area contributed by atoms with Crippen molar-refractivity contribution in [3.8, 4) is 11.1 Å². The normalized spacial score (nSPS) is 22.9. The van der Waals surface area contributed by atoms with Crippen LogP contribution in [0.25, 0.3) is 11.1 Å². The summed E-state index contributed by atoms with van der Waals surface area (Å²) in [5.74, 6) is -7.24. The van der Waals surface area contributed by atoms with Crippen LogP contribution in [0.5, 0.6) is 0 Å². The fourth-order valence-corrected chi connectivity index (χ4v) is 5.35. The predicted molar refractivity (Wildman–Crippen MR) is 119 cm³/mol. The van der Waals surface area contributed by atoms with Gasteiger partial charge < -0.3 is 24.8 Å². The molecule has 0 aromatic heterocycles. The lowest BCUT2D eigenvalue weighted by molar-refractivity contribution is -0.165. The van der Waals surface area contributed by atoms with Gasteiger partial charge in [-0.05, 0) is 28.7 Å². The first-order chi connectivity index (χ1) is 16.8. The average molecular weight is 486 g/mol. The second-order valence-corrected chi connectivity index (χ2v) is 8.95. The third-order valence-electron chi connectivity index (χ3n) is 6.95.